The highest BCUT2D eigenvalue weighted by atomic mass is 16.5. The molecule has 0 aliphatic heterocycles. The van der Waals surface area contributed by atoms with Crippen LogP contribution in [0.25, 0.3) is 0 Å². The Hall–Kier alpha value is -0.900. The second-order valence-corrected chi connectivity index (χ2v) is 3.58. The number of nitrogens with two attached hydrogens (primary N) is 1. The van der Waals surface area contributed by atoms with Crippen molar-refractivity contribution in [2.24, 2.45) is 11.7 Å². The number of aromatic nitrogens is 2. The van der Waals surface area contributed by atoms with Crippen molar-refractivity contribution in [1.29, 1.82) is 0 Å². The van der Waals surface area contributed by atoms with E-state index in [1.807, 2.05) is 0 Å². The van der Waals surface area contributed by atoms with Crippen molar-refractivity contribution in [3.8, 4) is 0 Å². The molecule has 0 aliphatic rings. The first kappa shape index (κ1) is 10.2. The Morgan fingerprint density at radius 3 is 2.77 bits per heavy atom. The SMILES string of the molecule is CC(C)CCc1noc(CCN)n1. The molecular weight excluding hydrogens is 166 g/mol. The van der Waals surface area contributed by atoms with Gasteiger partial charge in [-0.05, 0) is 12.3 Å². The van der Waals surface area contributed by atoms with Gasteiger partial charge in [0.25, 0.3) is 0 Å². The molecule has 0 saturated carbocycles. The molecule has 1 rings (SSSR count). The molecule has 4 nitrogen and oxygen atoms in total. The van der Waals surface area contributed by atoms with Crippen LogP contribution in [-0.2, 0) is 12.8 Å². The first-order valence-electron chi connectivity index (χ1n) is 4.74. The minimum Gasteiger partial charge on any atom is -0.339 e. The molecule has 0 aliphatic carbocycles. The molecule has 1 aromatic rings. The lowest BCUT2D eigenvalue weighted by atomic mass is 10.1. The molecule has 13 heavy (non-hydrogen) atoms. The summed E-state index contributed by atoms with van der Waals surface area (Å²) in [6.07, 6.45) is 2.67. The molecule has 1 aromatic heterocycles. The van der Waals surface area contributed by atoms with Crippen LogP contribution in [-0.4, -0.2) is 16.7 Å². The van der Waals surface area contributed by atoms with Gasteiger partial charge in [0, 0.05) is 19.4 Å². The average molecular weight is 183 g/mol. The molecule has 0 spiro atoms. The fourth-order valence-corrected chi connectivity index (χ4v) is 1.03. The molecule has 0 unspecified atom stereocenters. The zero-order valence-corrected chi connectivity index (χ0v) is 8.29. The third kappa shape index (κ3) is 3.55. The molecule has 0 atom stereocenters. The van der Waals surface area contributed by atoms with Gasteiger partial charge in [-0.15, -0.1) is 0 Å². The summed E-state index contributed by atoms with van der Waals surface area (Å²) in [4.78, 5) is 4.21. The van der Waals surface area contributed by atoms with E-state index in [2.05, 4.69) is 24.0 Å². The van der Waals surface area contributed by atoms with Crippen molar-refractivity contribution in [2.75, 3.05) is 6.54 Å². The van der Waals surface area contributed by atoms with Crippen molar-refractivity contribution in [1.82, 2.24) is 10.1 Å². The standard InChI is InChI=1S/C9H17N3O/c1-7(2)3-4-8-11-9(5-6-10)13-12-8/h7H,3-6,10H2,1-2H3. The molecular formula is C9H17N3O. The summed E-state index contributed by atoms with van der Waals surface area (Å²) in [5.74, 6) is 2.13. The van der Waals surface area contributed by atoms with Crippen molar-refractivity contribution in [3.63, 3.8) is 0 Å². The second kappa shape index (κ2) is 4.97. The molecule has 4 heteroatoms. The fourth-order valence-electron chi connectivity index (χ4n) is 1.03. The Bertz CT molecular complexity index is 245. The van der Waals surface area contributed by atoms with Gasteiger partial charge in [-0.2, -0.15) is 4.98 Å². The third-order valence-corrected chi connectivity index (χ3v) is 1.81. The van der Waals surface area contributed by atoms with Crippen LogP contribution in [0.1, 0.15) is 32.0 Å². The van der Waals surface area contributed by atoms with E-state index in [0.717, 1.165) is 18.7 Å². The van der Waals surface area contributed by atoms with Crippen LogP contribution in [0, 0.1) is 5.92 Å². The third-order valence-electron chi connectivity index (χ3n) is 1.81. The summed E-state index contributed by atoms with van der Waals surface area (Å²) in [7, 11) is 0. The number of hydrogen-bond donors (Lipinski definition) is 1. The summed E-state index contributed by atoms with van der Waals surface area (Å²) in [5, 5.41) is 3.87. The topological polar surface area (TPSA) is 64.9 Å². The zero-order valence-electron chi connectivity index (χ0n) is 8.29. The van der Waals surface area contributed by atoms with E-state index in [0.29, 0.717) is 24.8 Å². The van der Waals surface area contributed by atoms with Crippen LogP contribution in [0.2, 0.25) is 0 Å². The quantitative estimate of drug-likeness (QED) is 0.744. The minimum absolute atomic E-state index is 0.561. The van der Waals surface area contributed by atoms with E-state index >= 15 is 0 Å². The molecule has 0 fully saturated rings. The Morgan fingerprint density at radius 1 is 1.38 bits per heavy atom. The summed E-state index contributed by atoms with van der Waals surface area (Å²) >= 11 is 0. The van der Waals surface area contributed by atoms with Gasteiger partial charge in [0.15, 0.2) is 5.82 Å². The van der Waals surface area contributed by atoms with Gasteiger partial charge >= 0.3 is 0 Å². The van der Waals surface area contributed by atoms with Crippen molar-refractivity contribution in [2.45, 2.75) is 33.1 Å². The lowest BCUT2D eigenvalue weighted by Gasteiger charge is -1.98. The Kier molecular flexibility index (Phi) is 3.89. The largest absolute Gasteiger partial charge is 0.339 e. The maximum atomic E-state index is 5.36. The van der Waals surface area contributed by atoms with Crippen molar-refractivity contribution in [3.05, 3.63) is 11.7 Å². The van der Waals surface area contributed by atoms with Gasteiger partial charge in [-0.1, -0.05) is 19.0 Å². The van der Waals surface area contributed by atoms with Gasteiger partial charge in [-0.3, -0.25) is 0 Å². The van der Waals surface area contributed by atoms with Gasteiger partial charge < -0.3 is 10.3 Å². The molecule has 0 saturated heterocycles. The second-order valence-electron chi connectivity index (χ2n) is 3.58. The van der Waals surface area contributed by atoms with E-state index in [1.54, 1.807) is 0 Å². The van der Waals surface area contributed by atoms with Gasteiger partial charge in [0.05, 0.1) is 0 Å². The number of hydrogen-bond acceptors (Lipinski definition) is 4. The number of rotatable bonds is 5. The highest BCUT2D eigenvalue weighted by Gasteiger charge is 2.05. The van der Waals surface area contributed by atoms with E-state index in [4.69, 9.17) is 10.3 Å². The van der Waals surface area contributed by atoms with E-state index in [9.17, 15) is 0 Å². The summed E-state index contributed by atoms with van der Waals surface area (Å²) < 4.78 is 5.00. The van der Waals surface area contributed by atoms with Gasteiger partial charge in [0.1, 0.15) is 0 Å². The number of nitrogens with zero attached hydrogens (tertiary/aromatic N) is 2. The smallest absolute Gasteiger partial charge is 0.227 e. The van der Waals surface area contributed by atoms with Crippen molar-refractivity contribution >= 4 is 0 Å². The fraction of sp³-hybridized carbons (Fsp3) is 0.778. The molecule has 0 bridgehead atoms. The van der Waals surface area contributed by atoms with Crippen LogP contribution in [0.3, 0.4) is 0 Å². The normalized spacial score (nSPS) is 11.1. The highest BCUT2D eigenvalue weighted by molar-refractivity contribution is 4.86. The Labute approximate surface area is 78.5 Å². The molecule has 74 valence electrons. The lowest BCUT2D eigenvalue weighted by molar-refractivity contribution is 0.373. The maximum absolute atomic E-state index is 5.36. The van der Waals surface area contributed by atoms with E-state index < -0.39 is 0 Å². The van der Waals surface area contributed by atoms with Crippen LogP contribution in [0.4, 0.5) is 0 Å². The summed E-state index contributed by atoms with van der Waals surface area (Å²) in [5.41, 5.74) is 5.36. The van der Waals surface area contributed by atoms with Crippen LogP contribution < -0.4 is 5.73 Å². The average Bonchev–Trinajstić information content (AvgIpc) is 2.50. The van der Waals surface area contributed by atoms with Crippen LogP contribution in [0.5, 0.6) is 0 Å². The Morgan fingerprint density at radius 2 is 2.15 bits per heavy atom. The zero-order chi connectivity index (χ0) is 9.68. The maximum Gasteiger partial charge on any atom is 0.227 e. The lowest BCUT2D eigenvalue weighted by Crippen LogP contribution is -2.03. The van der Waals surface area contributed by atoms with Crippen LogP contribution in [0.15, 0.2) is 4.52 Å². The summed E-state index contributed by atoms with van der Waals surface area (Å²) in [6.45, 7) is 4.92. The van der Waals surface area contributed by atoms with E-state index in [-0.39, 0.29) is 0 Å². The molecule has 0 aromatic carbocycles. The highest BCUT2D eigenvalue weighted by Crippen LogP contribution is 2.06. The predicted octanol–water partition coefficient (Wildman–Crippen LogP) is 1.16. The van der Waals surface area contributed by atoms with Crippen LogP contribution >= 0.6 is 0 Å². The summed E-state index contributed by atoms with van der Waals surface area (Å²) in [6, 6.07) is 0. The minimum atomic E-state index is 0.561. The van der Waals surface area contributed by atoms with Gasteiger partial charge in [0.2, 0.25) is 5.89 Å². The molecule has 0 radical (unpaired) electrons. The first-order chi connectivity index (χ1) is 6.22. The van der Waals surface area contributed by atoms with Gasteiger partial charge in [-0.25, -0.2) is 0 Å². The molecule has 2 N–H and O–H groups in total. The monoisotopic (exact) mass is 183 g/mol. The molecule has 1 heterocycles. The predicted molar refractivity (Wildman–Crippen MR) is 50.2 cm³/mol. The first-order valence-corrected chi connectivity index (χ1v) is 4.74. The Balaban J connectivity index is 2.39. The van der Waals surface area contributed by atoms with E-state index in [1.165, 1.54) is 0 Å². The molecule has 0 amide bonds. The number of aryl methyl sites for hydroxylation is 1. The van der Waals surface area contributed by atoms with Crippen molar-refractivity contribution < 1.29 is 4.52 Å².